The third kappa shape index (κ3) is 3.87. The smallest absolute Gasteiger partial charge is 0.243 e. The molecule has 3 heterocycles. The van der Waals surface area contributed by atoms with Crippen LogP contribution in [-0.4, -0.2) is 40.6 Å². The molecule has 0 radical (unpaired) electrons. The van der Waals surface area contributed by atoms with Gasteiger partial charge in [0.05, 0.1) is 11.5 Å². The number of sulfonamides is 1. The molecule has 4 rings (SSSR count). The topological polar surface area (TPSA) is 90.5 Å². The number of hydrogen-bond donors (Lipinski definition) is 0. The Kier molecular flexibility index (Phi) is 5.92. The number of oxazole rings is 1. The monoisotopic (exact) mass is 430 g/mol. The Morgan fingerprint density at radius 2 is 1.97 bits per heavy atom. The number of aromatic nitrogens is 3. The van der Waals surface area contributed by atoms with E-state index in [1.807, 2.05) is 11.6 Å². The number of ether oxygens (including phenoxy) is 1. The molecule has 0 bridgehead atoms. The van der Waals surface area contributed by atoms with Crippen molar-refractivity contribution in [3.05, 3.63) is 48.2 Å². The lowest BCUT2D eigenvalue weighted by molar-refractivity contribution is 0.317. The van der Waals surface area contributed by atoms with E-state index >= 15 is 0 Å². The van der Waals surface area contributed by atoms with Gasteiger partial charge in [-0.1, -0.05) is 13.8 Å². The van der Waals surface area contributed by atoms with Crippen LogP contribution in [-0.2, 0) is 29.5 Å². The van der Waals surface area contributed by atoms with Gasteiger partial charge in [-0.2, -0.15) is 9.40 Å². The Balaban J connectivity index is 1.63. The Labute approximate surface area is 176 Å². The predicted molar refractivity (Wildman–Crippen MR) is 112 cm³/mol. The normalized spacial score (nSPS) is 14.6. The first kappa shape index (κ1) is 20.6. The fourth-order valence-corrected chi connectivity index (χ4v) is 5.09. The molecule has 0 aliphatic carbocycles. The highest BCUT2D eigenvalue weighted by molar-refractivity contribution is 7.89. The highest BCUT2D eigenvalue weighted by Crippen LogP contribution is 2.32. The molecule has 3 aromatic rings. The predicted octanol–water partition coefficient (Wildman–Crippen LogP) is 3.48. The van der Waals surface area contributed by atoms with E-state index in [0.29, 0.717) is 36.7 Å². The summed E-state index contributed by atoms with van der Waals surface area (Å²) in [6.45, 7) is 6.19. The van der Waals surface area contributed by atoms with Gasteiger partial charge in [0.15, 0.2) is 6.39 Å². The van der Waals surface area contributed by atoms with Gasteiger partial charge >= 0.3 is 0 Å². The van der Waals surface area contributed by atoms with E-state index in [-0.39, 0.29) is 11.4 Å². The highest BCUT2D eigenvalue weighted by Gasteiger charge is 2.33. The van der Waals surface area contributed by atoms with Gasteiger partial charge in [0, 0.05) is 37.3 Å². The molecule has 0 fully saturated rings. The zero-order valence-electron chi connectivity index (χ0n) is 17.2. The van der Waals surface area contributed by atoms with E-state index in [1.54, 1.807) is 30.5 Å². The molecule has 0 amide bonds. The largest absolute Gasteiger partial charge is 0.494 e. The average Bonchev–Trinajstić information content (AvgIpc) is 3.41. The summed E-state index contributed by atoms with van der Waals surface area (Å²) in [6, 6.07) is 6.62. The molecule has 8 nitrogen and oxygen atoms in total. The minimum Gasteiger partial charge on any atom is -0.494 e. The summed E-state index contributed by atoms with van der Waals surface area (Å²) in [5, 5.41) is 4.71. The number of nitrogens with zero attached hydrogens (tertiary/aromatic N) is 4. The molecule has 9 heteroatoms. The van der Waals surface area contributed by atoms with Crippen LogP contribution < -0.4 is 4.74 Å². The Morgan fingerprint density at radius 1 is 1.17 bits per heavy atom. The van der Waals surface area contributed by atoms with Crippen LogP contribution in [0.4, 0.5) is 0 Å². The van der Waals surface area contributed by atoms with Crippen LogP contribution in [0.15, 0.2) is 46.2 Å². The first-order valence-electron chi connectivity index (χ1n) is 10.2. The van der Waals surface area contributed by atoms with Gasteiger partial charge < -0.3 is 9.15 Å². The number of aryl methyl sites for hydroxylation is 1. The molecule has 1 aliphatic heterocycles. The zero-order valence-corrected chi connectivity index (χ0v) is 18.1. The third-order valence-corrected chi connectivity index (χ3v) is 7.00. The minimum atomic E-state index is -3.63. The van der Waals surface area contributed by atoms with Crippen molar-refractivity contribution in [1.82, 2.24) is 19.1 Å². The molecule has 0 atom stereocenters. The summed E-state index contributed by atoms with van der Waals surface area (Å²) in [6.07, 6.45) is 5.36. The quantitative estimate of drug-likeness (QED) is 0.543. The van der Waals surface area contributed by atoms with Crippen molar-refractivity contribution >= 4 is 10.0 Å². The summed E-state index contributed by atoms with van der Waals surface area (Å²) in [4.78, 5) is 4.49. The van der Waals surface area contributed by atoms with E-state index in [4.69, 9.17) is 14.3 Å². The minimum absolute atomic E-state index is 0.262. The molecule has 160 valence electrons. The molecular weight excluding hydrogens is 404 g/mol. The van der Waals surface area contributed by atoms with Crippen molar-refractivity contribution in [3.8, 4) is 17.1 Å². The molecule has 1 aliphatic rings. The van der Waals surface area contributed by atoms with E-state index in [2.05, 4.69) is 11.9 Å². The zero-order chi connectivity index (χ0) is 21.1. The molecule has 0 saturated heterocycles. The molecule has 0 unspecified atom stereocenters. The Morgan fingerprint density at radius 3 is 2.63 bits per heavy atom. The van der Waals surface area contributed by atoms with E-state index in [1.165, 1.54) is 10.7 Å². The van der Waals surface area contributed by atoms with Crippen LogP contribution in [0.3, 0.4) is 0 Å². The lowest BCUT2D eigenvalue weighted by Crippen LogP contribution is -2.36. The standard InChI is InChI=1S/C21H26N4O4S/c1-3-10-25-20-9-11-24(13-18(20)21(23-25)19-14-28-15-22-19)30(26,27)17-7-5-16(6-8-17)29-12-4-2/h5-8,14-15H,3-4,9-13H2,1-2H3. The lowest BCUT2D eigenvalue weighted by atomic mass is 10.1. The van der Waals surface area contributed by atoms with Gasteiger partial charge in [-0.05, 0) is 37.1 Å². The van der Waals surface area contributed by atoms with Crippen LogP contribution in [0.2, 0.25) is 0 Å². The van der Waals surface area contributed by atoms with Crippen LogP contribution >= 0.6 is 0 Å². The third-order valence-electron chi connectivity index (χ3n) is 5.14. The van der Waals surface area contributed by atoms with Crippen LogP contribution in [0.25, 0.3) is 11.4 Å². The first-order valence-corrected chi connectivity index (χ1v) is 11.7. The van der Waals surface area contributed by atoms with Gasteiger partial charge in [-0.25, -0.2) is 13.4 Å². The Hall–Kier alpha value is -2.65. The second-order valence-corrected chi connectivity index (χ2v) is 9.22. The van der Waals surface area contributed by atoms with Crippen molar-refractivity contribution in [2.75, 3.05) is 13.2 Å². The van der Waals surface area contributed by atoms with Gasteiger partial charge in [-0.15, -0.1) is 0 Å². The molecule has 0 saturated carbocycles. The summed E-state index contributed by atoms with van der Waals surface area (Å²) in [5.41, 5.74) is 3.29. The SMILES string of the molecule is CCCOc1ccc(S(=O)(=O)N2CCc3c(c(-c4cocn4)nn3CCC)C2)cc1. The summed E-state index contributed by atoms with van der Waals surface area (Å²) in [7, 11) is -3.63. The Bertz CT molecular complexity index is 1090. The molecule has 0 spiro atoms. The number of rotatable bonds is 8. The highest BCUT2D eigenvalue weighted by atomic mass is 32.2. The second kappa shape index (κ2) is 8.61. The summed E-state index contributed by atoms with van der Waals surface area (Å²) < 4.78 is 40.7. The van der Waals surface area contributed by atoms with Crippen molar-refractivity contribution in [2.24, 2.45) is 0 Å². The summed E-state index contributed by atoms with van der Waals surface area (Å²) >= 11 is 0. The van der Waals surface area contributed by atoms with Crippen LogP contribution in [0.1, 0.15) is 37.9 Å². The first-order chi connectivity index (χ1) is 14.5. The summed E-state index contributed by atoms with van der Waals surface area (Å²) in [5.74, 6) is 0.672. The van der Waals surface area contributed by atoms with Crippen molar-refractivity contribution in [2.45, 2.75) is 51.1 Å². The van der Waals surface area contributed by atoms with E-state index in [0.717, 1.165) is 30.6 Å². The van der Waals surface area contributed by atoms with E-state index in [9.17, 15) is 8.42 Å². The maximum atomic E-state index is 13.3. The number of hydrogen-bond acceptors (Lipinski definition) is 6. The van der Waals surface area contributed by atoms with Crippen LogP contribution in [0.5, 0.6) is 5.75 Å². The lowest BCUT2D eigenvalue weighted by Gasteiger charge is -2.27. The van der Waals surface area contributed by atoms with Gasteiger partial charge in [0.2, 0.25) is 10.0 Å². The van der Waals surface area contributed by atoms with Crippen molar-refractivity contribution in [1.29, 1.82) is 0 Å². The maximum absolute atomic E-state index is 13.3. The number of fused-ring (bicyclic) bond motifs is 1. The van der Waals surface area contributed by atoms with E-state index < -0.39 is 10.0 Å². The van der Waals surface area contributed by atoms with Crippen molar-refractivity contribution in [3.63, 3.8) is 0 Å². The molecular formula is C21H26N4O4S. The molecule has 1 aromatic carbocycles. The molecule has 0 N–H and O–H groups in total. The fraction of sp³-hybridized carbons (Fsp3) is 0.429. The van der Waals surface area contributed by atoms with Gasteiger partial charge in [0.25, 0.3) is 0 Å². The van der Waals surface area contributed by atoms with Crippen molar-refractivity contribution < 1.29 is 17.6 Å². The molecule has 30 heavy (non-hydrogen) atoms. The molecule has 2 aromatic heterocycles. The fourth-order valence-electron chi connectivity index (χ4n) is 3.68. The van der Waals surface area contributed by atoms with Crippen LogP contribution in [0, 0.1) is 0 Å². The van der Waals surface area contributed by atoms with Gasteiger partial charge in [0.1, 0.15) is 23.4 Å². The second-order valence-electron chi connectivity index (χ2n) is 7.28. The van der Waals surface area contributed by atoms with Gasteiger partial charge in [-0.3, -0.25) is 4.68 Å². The maximum Gasteiger partial charge on any atom is 0.243 e. The number of benzene rings is 1. The average molecular weight is 431 g/mol.